The first kappa shape index (κ1) is 16.6. The van der Waals surface area contributed by atoms with Crippen molar-refractivity contribution in [1.82, 2.24) is 4.72 Å². The summed E-state index contributed by atoms with van der Waals surface area (Å²) in [5.74, 6) is -0.498. The van der Waals surface area contributed by atoms with Crippen LogP contribution in [0, 0.1) is 6.92 Å². The summed E-state index contributed by atoms with van der Waals surface area (Å²) in [4.78, 5) is 11.5. The van der Waals surface area contributed by atoms with Crippen LogP contribution < -0.4 is 10.5 Å². The van der Waals surface area contributed by atoms with Gasteiger partial charge in [-0.3, -0.25) is 0 Å². The number of hydrogen-bond donors (Lipinski definition) is 2. The van der Waals surface area contributed by atoms with Crippen molar-refractivity contribution in [2.24, 2.45) is 5.73 Å². The number of carbonyl (C=O) groups excluding carboxylic acids is 1. The van der Waals surface area contributed by atoms with Gasteiger partial charge in [-0.1, -0.05) is 0 Å². The summed E-state index contributed by atoms with van der Waals surface area (Å²) in [7, 11) is -2.37. The van der Waals surface area contributed by atoms with Crippen molar-refractivity contribution in [3.05, 3.63) is 29.3 Å². The van der Waals surface area contributed by atoms with Gasteiger partial charge in [0.2, 0.25) is 10.0 Å². The summed E-state index contributed by atoms with van der Waals surface area (Å²) in [6, 6.07) is 4.23. The summed E-state index contributed by atoms with van der Waals surface area (Å²) in [6.45, 7) is 5.22. The maximum absolute atomic E-state index is 12.1. The summed E-state index contributed by atoms with van der Waals surface area (Å²) >= 11 is 0. The summed E-state index contributed by atoms with van der Waals surface area (Å²) in [5.41, 5.74) is 5.97. The molecule has 1 aromatic rings. The van der Waals surface area contributed by atoms with Crippen molar-refractivity contribution < 1.29 is 17.9 Å². The fourth-order valence-electron chi connectivity index (χ4n) is 1.51. The van der Waals surface area contributed by atoms with Crippen LogP contribution in [0.15, 0.2) is 23.1 Å². The molecule has 20 heavy (non-hydrogen) atoms. The molecule has 0 fully saturated rings. The van der Waals surface area contributed by atoms with Gasteiger partial charge in [0.15, 0.2) is 0 Å². The predicted molar refractivity (Wildman–Crippen MR) is 76.0 cm³/mol. The van der Waals surface area contributed by atoms with Gasteiger partial charge < -0.3 is 10.5 Å². The lowest BCUT2D eigenvalue weighted by atomic mass is 10.1. The van der Waals surface area contributed by atoms with Crippen LogP contribution in [0.1, 0.15) is 29.8 Å². The maximum atomic E-state index is 12.1. The molecule has 1 rings (SSSR count). The molecule has 0 radical (unpaired) electrons. The van der Waals surface area contributed by atoms with Gasteiger partial charge in [-0.15, -0.1) is 0 Å². The van der Waals surface area contributed by atoms with E-state index in [2.05, 4.69) is 9.46 Å². The topological polar surface area (TPSA) is 98.5 Å². The molecule has 0 amide bonds. The SMILES string of the molecule is COC(=O)c1ccc(S(=O)(=O)NCC(C)(C)N)cc1C. The third kappa shape index (κ3) is 4.29. The Kier molecular flexibility index (Phi) is 4.90. The number of nitrogens with one attached hydrogen (secondary N) is 1. The molecule has 112 valence electrons. The van der Waals surface area contributed by atoms with E-state index in [9.17, 15) is 13.2 Å². The number of aryl methyl sites for hydroxylation is 1. The van der Waals surface area contributed by atoms with Crippen molar-refractivity contribution in [2.75, 3.05) is 13.7 Å². The number of esters is 1. The van der Waals surface area contributed by atoms with E-state index in [0.29, 0.717) is 11.1 Å². The van der Waals surface area contributed by atoms with Crippen LogP contribution in [-0.2, 0) is 14.8 Å². The molecule has 0 saturated heterocycles. The van der Waals surface area contributed by atoms with Crippen molar-refractivity contribution >= 4 is 16.0 Å². The first-order valence-corrected chi connectivity index (χ1v) is 7.53. The third-order valence-electron chi connectivity index (χ3n) is 2.63. The summed E-state index contributed by atoms with van der Waals surface area (Å²) in [6.07, 6.45) is 0. The molecule has 0 unspecified atom stereocenters. The van der Waals surface area contributed by atoms with Gasteiger partial charge in [-0.05, 0) is 44.5 Å². The molecule has 0 saturated carbocycles. The smallest absolute Gasteiger partial charge is 0.338 e. The molecule has 0 atom stereocenters. The Hall–Kier alpha value is -1.44. The number of nitrogens with two attached hydrogens (primary N) is 1. The second-order valence-electron chi connectivity index (χ2n) is 5.28. The zero-order valence-electron chi connectivity index (χ0n) is 12.1. The molecular weight excluding hydrogens is 280 g/mol. The molecule has 3 N–H and O–H groups in total. The molecule has 0 aliphatic rings. The molecule has 0 aromatic heterocycles. The molecule has 0 heterocycles. The second kappa shape index (κ2) is 5.90. The van der Waals surface area contributed by atoms with E-state index in [1.165, 1.54) is 25.3 Å². The Morgan fingerprint density at radius 2 is 2.00 bits per heavy atom. The van der Waals surface area contributed by atoms with E-state index in [1.807, 2.05) is 0 Å². The number of hydrogen-bond acceptors (Lipinski definition) is 5. The normalized spacial score (nSPS) is 12.2. The predicted octanol–water partition coefficient (Wildman–Crippen LogP) is 0.797. The molecule has 0 spiro atoms. The second-order valence-corrected chi connectivity index (χ2v) is 7.05. The summed E-state index contributed by atoms with van der Waals surface area (Å²) < 4.78 is 31.2. The standard InChI is InChI=1S/C13H20N2O4S/c1-9-7-10(5-6-11(9)12(16)19-4)20(17,18)15-8-13(2,3)14/h5-7,15H,8,14H2,1-4H3. The lowest BCUT2D eigenvalue weighted by Gasteiger charge is -2.19. The zero-order chi connectivity index (χ0) is 15.6. The van der Waals surface area contributed by atoms with Gasteiger partial charge in [-0.2, -0.15) is 0 Å². The monoisotopic (exact) mass is 300 g/mol. The van der Waals surface area contributed by atoms with E-state index < -0.39 is 21.5 Å². The van der Waals surface area contributed by atoms with Crippen LogP contribution >= 0.6 is 0 Å². The third-order valence-corrected chi connectivity index (χ3v) is 4.03. The highest BCUT2D eigenvalue weighted by Crippen LogP contribution is 2.16. The highest BCUT2D eigenvalue weighted by atomic mass is 32.2. The van der Waals surface area contributed by atoms with Crippen molar-refractivity contribution in [3.63, 3.8) is 0 Å². The Labute approximate surface area is 119 Å². The minimum absolute atomic E-state index is 0.0897. The van der Waals surface area contributed by atoms with Gasteiger partial charge in [0, 0.05) is 12.1 Å². The molecule has 1 aromatic carbocycles. The van der Waals surface area contributed by atoms with E-state index in [-0.39, 0.29) is 11.4 Å². The highest BCUT2D eigenvalue weighted by Gasteiger charge is 2.20. The Balaban J connectivity index is 3.03. The molecule has 7 heteroatoms. The zero-order valence-corrected chi connectivity index (χ0v) is 12.9. The molecule has 6 nitrogen and oxygen atoms in total. The van der Waals surface area contributed by atoms with Crippen LogP contribution in [0.5, 0.6) is 0 Å². The van der Waals surface area contributed by atoms with Crippen LogP contribution in [0.4, 0.5) is 0 Å². The minimum Gasteiger partial charge on any atom is -0.465 e. The molecular formula is C13H20N2O4S. The van der Waals surface area contributed by atoms with Crippen LogP contribution in [0.3, 0.4) is 0 Å². The molecule has 0 aliphatic heterocycles. The Morgan fingerprint density at radius 1 is 1.40 bits per heavy atom. The van der Waals surface area contributed by atoms with E-state index in [0.717, 1.165) is 0 Å². The Morgan fingerprint density at radius 3 is 2.45 bits per heavy atom. The average molecular weight is 300 g/mol. The quantitative estimate of drug-likeness (QED) is 0.784. The first-order valence-electron chi connectivity index (χ1n) is 6.04. The number of methoxy groups -OCH3 is 1. The largest absolute Gasteiger partial charge is 0.465 e. The van der Waals surface area contributed by atoms with E-state index >= 15 is 0 Å². The van der Waals surface area contributed by atoms with Gasteiger partial charge >= 0.3 is 5.97 Å². The minimum atomic E-state index is -3.65. The van der Waals surface area contributed by atoms with Gasteiger partial charge in [0.25, 0.3) is 0 Å². The fourth-order valence-corrected chi connectivity index (χ4v) is 2.81. The number of ether oxygens (including phenoxy) is 1. The number of sulfonamides is 1. The molecule has 0 aliphatic carbocycles. The van der Waals surface area contributed by atoms with Crippen molar-refractivity contribution in [3.8, 4) is 0 Å². The van der Waals surface area contributed by atoms with Gasteiger partial charge in [0.1, 0.15) is 0 Å². The van der Waals surface area contributed by atoms with Gasteiger partial charge in [-0.25, -0.2) is 17.9 Å². The molecule has 0 bridgehead atoms. The first-order chi connectivity index (χ1) is 9.07. The Bertz CT molecular complexity index is 603. The van der Waals surface area contributed by atoms with Crippen molar-refractivity contribution in [2.45, 2.75) is 31.2 Å². The maximum Gasteiger partial charge on any atom is 0.338 e. The average Bonchev–Trinajstić information content (AvgIpc) is 2.34. The number of rotatable bonds is 5. The summed E-state index contributed by atoms with van der Waals surface area (Å²) in [5, 5.41) is 0. The fraction of sp³-hybridized carbons (Fsp3) is 0.462. The highest BCUT2D eigenvalue weighted by molar-refractivity contribution is 7.89. The lowest BCUT2D eigenvalue weighted by Crippen LogP contribution is -2.45. The van der Waals surface area contributed by atoms with Gasteiger partial charge in [0.05, 0.1) is 17.6 Å². The van der Waals surface area contributed by atoms with E-state index in [1.54, 1.807) is 20.8 Å². The van der Waals surface area contributed by atoms with E-state index in [4.69, 9.17) is 5.73 Å². The number of carbonyl (C=O) groups is 1. The van der Waals surface area contributed by atoms with Crippen LogP contribution in [0.25, 0.3) is 0 Å². The van der Waals surface area contributed by atoms with Crippen LogP contribution in [-0.4, -0.2) is 33.6 Å². The number of benzene rings is 1. The van der Waals surface area contributed by atoms with Crippen LogP contribution in [0.2, 0.25) is 0 Å². The lowest BCUT2D eigenvalue weighted by molar-refractivity contribution is 0.0600. The van der Waals surface area contributed by atoms with Crippen molar-refractivity contribution in [1.29, 1.82) is 0 Å².